The molecule has 1 aromatic carbocycles. The average molecular weight is 268 g/mol. The average Bonchev–Trinajstić information content (AvgIpc) is 2.77. The summed E-state index contributed by atoms with van der Waals surface area (Å²) in [5, 5.41) is 2.40. The maximum absolute atomic E-state index is 13.6. The van der Waals surface area contributed by atoms with Crippen LogP contribution in [0, 0.1) is 11.6 Å². The summed E-state index contributed by atoms with van der Waals surface area (Å²) in [4.78, 5) is 4.33. The highest BCUT2D eigenvalue weighted by molar-refractivity contribution is 7.09. The molecule has 0 spiro atoms. The molecule has 2 aromatic rings. The van der Waals surface area contributed by atoms with Crippen LogP contribution in [-0.2, 0) is 0 Å². The molecule has 2 N–H and O–H groups in total. The first kappa shape index (κ1) is 13.1. The van der Waals surface area contributed by atoms with Crippen molar-refractivity contribution in [1.82, 2.24) is 4.98 Å². The lowest BCUT2D eigenvalue weighted by Gasteiger charge is -2.11. The van der Waals surface area contributed by atoms with E-state index in [4.69, 9.17) is 5.73 Å². The summed E-state index contributed by atoms with van der Waals surface area (Å²) in [6, 6.07) is 2.87. The van der Waals surface area contributed by atoms with Gasteiger partial charge in [-0.05, 0) is 18.1 Å². The number of nitrogens with two attached hydrogens (primary N) is 1. The van der Waals surface area contributed by atoms with Crippen LogP contribution >= 0.6 is 11.3 Å². The van der Waals surface area contributed by atoms with E-state index >= 15 is 0 Å². The second-order valence-electron chi connectivity index (χ2n) is 4.38. The van der Waals surface area contributed by atoms with Crippen LogP contribution in [0.5, 0.6) is 0 Å². The van der Waals surface area contributed by atoms with E-state index in [9.17, 15) is 8.78 Å². The lowest BCUT2D eigenvalue weighted by Crippen LogP contribution is -2.15. The maximum atomic E-state index is 13.6. The molecule has 0 aliphatic heterocycles. The third-order valence-electron chi connectivity index (χ3n) is 2.71. The molecule has 0 amide bonds. The Morgan fingerprint density at radius 1 is 1.22 bits per heavy atom. The first-order valence-corrected chi connectivity index (χ1v) is 6.53. The molecule has 0 saturated carbocycles. The second-order valence-corrected chi connectivity index (χ2v) is 5.27. The minimum absolute atomic E-state index is 0.123. The Labute approximate surface area is 108 Å². The lowest BCUT2D eigenvalue weighted by atomic mass is 10.1. The van der Waals surface area contributed by atoms with Crippen LogP contribution in [0.15, 0.2) is 23.6 Å². The summed E-state index contributed by atoms with van der Waals surface area (Å²) in [6.07, 6.45) is 0. The van der Waals surface area contributed by atoms with Gasteiger partial charge in [-0.2, -0.15) is 0 Å². The molecule has 1 aromatic heterocycles. The van der Waals surface area contributed by atoms with E-state index in [1.807, 2.05) is 19.2 Å². The molecule has 5 heteroatoms. The predicted octanol–water partition coefficient (Wildman–Crippen LogP) is 3.59. The van der Waals surface area contributed by atoms with Crippen molar-refractivity contribution in [3.8, 4) is 0 Å². The Balaban J connectivity index is 2.38. The fraction of sp³-hybridized carbons (Fsp3) is 0.308. The smallest absolute Gasteiger partial charge is 0.131 e. The fourth-order valence-corrected chi connectivity index (χ4v) is 2.63. The molecule has 1 heterocycles. The van der Waals surface area contributed by atoms with E-state index in [0.29, 0.717) is 5.01 Å². The van der Waals surface area contributed by atoms with E-state index in [1.165, 1.54) is 29.5 Å². The van der Waals surface area contributed by atoms with Crippen molar-refractivity contribution in [3.05, 3.63) is 51.5 Å². The van der Waals surface area contributed by atoms with Gasteiger partial charge in [0.25, 0.3) is 0 Å². The van der Waals surface area contributed by atoms with E-state index in [-0.39, 0.29) is 11.5 Å². The summed E-state index contributed by atoms with van der Waals surface area (Å²) in [6.45, 7) is 4.02. The summed E-state index contributed by atoms with van der Waals surface area (Å²) in [7, 11) is 0. The highest BCUT2D eigenvalue weighted by atomic mass is 32.1. The number of benzene rings is 1. The summed E-state index contributed by atoms with van der Waals surface area (Å²) in [5.74, 6) is -1.000. The van der Waals surface area contributed by atoms with E-state index < -0.39 is 17.7 Å². The van der Waals surface area contributed by atoms with Crippen LogP contribution in [0.25, 0.3) is 0 Å². The van der Waals surface area contributed by atoms with Crippen LogP contribution in [-0.4, -0.2) is 4.98 Å². The largest absolute Gasteiger partial charge is 0.318 e. The van der Waals surface area contributed by atoms with Gasteiger partial charge in [0.05, 0.1) is 11.7 Å². The molecular formula is C13H14F2N2S. The van der Waals surface area contributed by atoms with Crippen molar-refractivity contribution in [2.24, 2.45) is 5.73 Å². The molecular weight excluding hydrogens is 254 g/mol. The van der Waals surface area contributed by atoms with Crippen LogP contribution in [0.2, 0.25) is 0 Å². The van der Waals surface area contributed by atoms with Gasteiger partial charge in [-0.25, -0.2) is 13.8 Å². The van der Waals surface area contributed by atoms with Gasteiger partial charge in [0.15, 0.2) is 0 Å². The minimum Gasteiger partial charge on any atom is -0.318 e. The van der Waals surface area contributed by atoms with Gasteiger partial charge < -0.3 is 5.73 Å². The Bertz CT molecular complexity index is 531. The lowest BCUT2D eigenvalue weighted by molar-refractivity contribution is 0.542. The molecule has 1 unspecified atom stereocenters. The highest BCUT2D eigenvalue weighted by Crippen LogP contribution is 2.28. The molecule has 0 radical (unpaired) electrons. The third kappa shape index (κ3) is 2.42. The van der Waals surface area contributed by atoms with Crippen molar-refractivity contribution in [2.75, 3.05) is 0 Å². The second kappa shape index (κ2) is 5.12. The molecule has 0 aliphatic carbocycles. The maximum Gasteiger partial charge on any atom is 0.131 e. The van der Waals surface area contributed by atoms with Crippen molar-refractivity contribution >= 4 is 11.3 Å². The Hall–Kier alpha value is -1.33. The molecule has 18 heavy (non-hydrogen) atoms. The quantitative estimate of drug-likeness (QED) is 0.923. The van der Waals surface area contributed by atoms with Gasteiger partial charge in [-0.3, -0.25) is 0 Å². The predicted molar refractivity (Wildman–Crippen MR) is 68.6 cm³/mol. The van der Waals surface area contributed by atoms with Crippen LogP contribution in [0.3, 0.4) is 0 Å². The molecule has 0 fully saturated rings. The molecule has 2 nitrogen and oxygen atoms in total. The zero-order chi connectivity index (χ0) is 13.3. The molecule has 1 atom stereocenters. The Morgan fingerprint density at radius 2 is 1.83 bits per heavy atom. The topological polar surface area (TPSA) is 38.9 Å². The molecule has 0 bridgehead atoms. The van der Waals surface area contributed by atoms with Gasteiger partial charge in [-0.1, -0.05) is 19.9 Å². The van der Waals surface area contributed by atoms with Gasteiger partial charge in [0.2, 0.25) is 0 Å². The van der Waals surface area contributed by atoms with Crippen LogP contribution in [0.4, 0.5) is 8.78 Å². The first-order chi connectivity index (χ1) is 8.50. The standard InChI is InChI=1S/C13H14F2N2S/c1-7(2)10-6-18-13(17-10)12(16)11-8(14)4-3-5-9(11)15/h3-7,12H,16H2,1-2H3. The Kier molecular flexibility index (Phi) is 3.73. The number of halogens is 2. The summed E-state index contributed by atoms with van der Waals surface area (Å²) in [5.41, 5.74) is 6.67. The molecule has 0 aliphatic rings. The number of hydrogen-bond donors (Lipinski definition) is 1. The molecule has 2 rings (SSSR count). The van der Waals surface area contributed by atoms with Crippen molar-refractivity contribution < 1.29 is 8.78 Å². The molecule has 0 saturated heterocycles. The zero-order valence-corrected chi connectivity index (χ0v) is 11.0. The van der Waals surface area contributed by atoms with Crippen LogP contribution < -0.4 is 5.73 Å². The van der Waals surface area contributed by atoms with Gasteiger partial charge in [-0.15, -0.1) is 11.3 Å². The Morgan fingerprint density at radius 3 is 2.33 bits per heavy atom. The van der Waals surface area contributed by atoms with E-state index in [1.54, 1.807) is 0 Å². The highest BCUT2D eigenvalue weighted by Gasteiger charge is 2.21. The van der Waals surface area contributed by atoms with Crippen molar-refractivity contribution in [3.63, 3.8) is 0 Å². The summed E-state index contributed by atoms with van der Waals surface area (Å²) < 4.78 is 27.2. The van der Waals surface area contributed by atoms with Gasteiger partial charge in [0, 0.05) is 10.9 Å². The van der Waals surface area contributed by atoms with Crippen molar-refractivity contribution in [2.45, 2.75) is 25.8 Å². The fourth-order valence-electron chi connectivity index (χ4n) is 1.64. The third-order valence-corrected chi connectivity index (χ3v) is 3.65. The zero-order valence-electron chi connectivity index (χ0n) is 10.2. The normalized spacial score (nSPS) is 13.0. The van der Waals surface area contributed by atoms with Gasteiger partial charge >= 0.3 is 0 Å². The monoisotopic (exact) mass is 268 g/mol. The molecule has 96 valence electrons. The minimum atomic E-state index is -0.858. The number of hydrogen-bond acceptors (Lipinski definition) is 3. The SMILES string of the molecule is CC(C)c1csc(C(N)c2c(F)cccc2F)n1. The summed E-state index contributed by atoms with van der Waals surface area (Å²) >= 11 is 1.33. The number of thiazole rings is 1. The van der Waals surface area contributed by atoms with E-state index in [2.05, 4.69) is 4.98 Å². The van der Waals surface area contributed by atoms with Gasteiger partial charge in [0.1, 0.15) is 16.6 Å². The number of aromatic nitrogens is 1. The van der Waals surface area contributed by atoms with Crippen molar-refractivity contribution in [1.29, 1.82) is 0 Å². The first-order valence-electron chi connectivity index (χ1n) is 5.65. The number of rotatable bonds is 3. The van der Waals surface area contributed by atoms with Crippen LogP contribution in [0.1, 0.15) is 42.1 Å². The van der Waals surface area contributed by atoms with E-state index in [0.717, 1.165) is 5.69 Å². The number of nitrogens with zero attached hydrogens (tertiary/aromatic N) is 1.